The van der Waals surface area contributed by atoms with E-state index in [-0.39, 0.29) is 0 Å². The van der Waals surface area contributed by atoms with Crippen molar-refractivity contribution < 1.29 is 0 Å². The average Bonchev–Trinajstić information content (AvgIpc) is 3.20. The second-order valence-corrected chi connectivity index (χ2v) is 5.50. The van der Waals surface area contributed by atoms with Crippen LogP contribution in [0.1, 0.15) is 11.5 Å². The molecule has 7 heteroatoms. The molecule has 0 aromatic carbocycles. The van der Waals surface area contributed by atoms with Crippen molar-refractivity contribution in [2.75, 3.05) is 0 Å². The van der Waals surface area contributed by atoms with Gasteiger partial charge in [-0.25, -0.2) is 4.98 Å². The summed E-state index contributed by atoms with van der Waals surface area (Å²) in [7, 11) is 1.87. The average molecular weight is 315 g/mol. The zero-order valence-corrected chi connectivity index (χ0v) is 13.2. The highest BCUT2D eigenvalue weighted by Gasteiger charge is 2.13. The Morgan fingerprint density at radius 1 is 1.12 bits per heavy atom. The minimum Gasteiger partial charge on any atom is -0.287 e. The van der Waals surface area contributed by atoms with Gasteiger partial charge in [-0.1, -0.05) is 0 Å². The van der Waals surface area contributed by atoms with Crippen LogP contribution in [0, 0.1) is 18.3 Å². The van der Waals surface area contributed by atoms with Crippen LogP contribution in [0.5, 0.6) is 0 Å². The van der Waals surface area contributed by atoms with Crippen LogP contribution in [0.2, 0.25) is 0 Å². The third-order valence-corrected chi connectivity index (χ3v) is 3.88. The summed E-state index contributed by atoms with van der Waals surface area (Å²) in [4.78, 5) is 4.51. The Kier molecular flexibility index (Phi) is 3.10. The molecule has 4 heterocycles. The van der Waals surface area contributed by atoms with E-state index < -0.39 is 0 Å². The lowest BCUT2D eigenvalue weighted by molar-refractivity contribution is 0.768. The summed E-state index contributed by atoms with van der Waals surface area (Å²) >= 11 is 0. The van der Waals surface area contributed by atoms with Gasteiger partial charge in [-0.3, -0.25) is 9.08 Å². The Labute approximate surface area is 137 Å². The zero-order valence-electron chi connectivity index (χ0n) is 13.2. The molecule has 0 fully saturated rings. The van der Waals surface area contributed by atoms with E-state index in [4.69, 9.17) is 0 Å². The summed E-state index contributed by atoms with van der Waals surface area (Å²) in [6, 6.07) is 9.58. The lowest BCUT2D eigenvalue weighted by atomic mass is 10.0. The molecule has 0 aliphatic heterocycles. The number of hydrogen-bond donors (Lipinski definition) is 0. The van der Waals surface area contributed by atoms with E-state index in [1.165, 1.54) is 0 Å². The molecule has 0 radical (unpaired) electrons. The summed E-state index contributed by atoms with van der Waals surface area (Å²) in [5.74, 6) is 0.822. The summed E-state index contributed by atoms with van der Waals surface area (Å²) in [5.41, 5.74) is 4.59. The Morgan fingerprint density at radius 3 is 2.75 bits per heavy atom. The topological polar surface area (TPSA) is 84.7 Å². The van der Waals surface area contributed by atoms with Crippen LogP contribution in [0.4, 0.5) is 0 Å². The molecule has 0 aliphatic rings. The Bertz CT molecular complexity index is 1100. The molecule has 0 bridgehead atoms. The van der Waals surface area contributed by atoms with E-state index in [2.05, 4.69) is 26.3 Å². The molecule has 24 heavy (non-hydrogen) atoms. The molecule has 0 atom stereocenters. The Morgan fingerprint density at radius 2 is 2.00 bits per heavy atom. The van der Waals surface area contributed by atoms with Gasteiger partial charge in [0.1, 0.15) is 17.6 Å². The van der Waals surface area contributed by atoms with Crippen molar-refractivity contribution in [2.24, 2.45) is 7.05 Å². The highest BCUT2D eigenvalue weighted by atomic mass is 15.2. The van der Waals surface area contributed by atoms with Crippen LogP contribution < -0.4 is 0 Å². The first kappa shape index (κ1) is 14.1. The maximum absolute atomic E-state index is 9.19. The van der Waals surface area contributed by atoms with Crippen molar-refractivity contribution in [1.29, 1.82) is 5.26 Å². The van der Waals surface area contributed by atoms with Gasteiger partial charge in [0.15, 0.2) is 5.65 Å². The fourth-order valence-electron chi connectivity index (χ4n) is 2.69. The predicted octanol–water partition coefficient (Wildman–Crippen LogP) is 2.37. The van der Waals surface area contributed by atoms with Gasteiger partial charge in [-0.2, -0.15) is 10.4 Å². The van der Waals surface area contributed by atoms with Gasteiger partial charge in [0.05, 0.1) is 11.9 Å². The van der Waals surface area contributed by atoms with Gasteiger partial charge < -0.3 is 0 Å². The molecule has 0 amide bonds. The van der Waals surface area contributed by atoms with Gasteiger partial charge in [0.25, 0.3) is 0 Å². The monoisotopic (exact) mass is 315 g/mol. The quantitative estimate of drug-likeness (QED) is 0.567. The summed E-state index contributed by atoms with van der Waals surface area (Å²) < 4.78 is 3.64. The molecular formula is C17H13N7. The number of nitriles is 1. The summed E-state index contributed by atoms with van der Waals surface area (Å²) in [6.45, 7) is 1.90. The lowest BCUT2D eigenvalue weighted by Crippen LogP contribution is -1.94. The molecule has 0 spiro atoms. The first-order chi connectivity index (χ1) is 11.7. The molecule has 0 saturated heterocycles. The molecule has 4 rings (SSSR count). The molecule has 4 aromatic heterocycles. The molecule has 0 aliphatic carbocycles. The van der Waals surface area contributed by atoms with Crippen LogP contribution >= 0.6 is 0 Å². The highest BCUT2D eigenvalue weighted by molar-refractivity contribution is 5.81. The largest absolute Gasteiger partial charge is 0.287 e. The van der Waals surface area contributed by atoms with E-state index in [1.807, 2.05) is 49.0 Å². The van der Waals surface area contributed by atoms with Crippen molar-refractivity contribution in [3.63, 3.8) is 0 Å². The minimum atomic E-state index is 0.371. The molecule has 0 unspecified atom stereocenters. The smallest absolute Gasteiger partial charge is 0.161 e. The molecule has 0 N–H and O–H groups in total. The molecular weight excluding hydrogens is 302 g/mol. The maximum Gasteiger partial charge on any atom is 0.161 e. The van der Waals surface area contributed by atoms with Crippen molar-refractivity contribution in [3.05, 3.63) is 54.4 Å². The predicted molar refractivity (Wildman–Crippen MR) is 87.9 cm³/mol. The van der Waals surface area contributed by atoms with E-state index >= 15 is 0 Å². The van der Waals surface area contributed by atoms with Crippen LogP contribution in [0.3, 0.4) is 0 Å². The molecule has 4 aromatic rings. The number of fused-ring (bicyclic) bond motifs is 1. The Balaban J connectivity index is 1.95. The standard InChI is InChI=1S/C17H13N7/c1-11-21-22-16-7-12(5-6-24(11)16)17-15(4-3-14(8-18)20-17)13-9-19-23(2)10-13/h3-7,9-10H,1-2H3. The molecule has 116 valence electrons. The fourth-order valence-corrected chi connectivity index (χ4v) is 2.69. The van der Waals surface area contributed by atoms with Gasteiger partial charge in [0.2, 0.25) is 0 Å². The molecule has 7 nitrogen and oxygen atoms in total. The van der Waals surface area contributed by atoms with Crippen molar-refractivity contribution >= 4 is 5.65 Å². The van der Waals surface area contributed by atoms with Crippen molar-refractivity contribution in [2.45, 2.75) is 6.92 Å². The van der Waals surface area contributed by atoms with E-state index in [0.29, 0.717) is 5.69 Å². The number of hydrogen-bond acceptors (Lipinski definition) is 5. The number of nitrogens with zero attached hydrogens (tertiary/aromatic N) is 7. The van der Waals surface area contributed by atoms with Crippen molar-refractivity contribution in [1.82, 2.24) is 29.4 Å². The first-order valence-corrected chi connectivity index (χ1v) is 7.37. The minimum absolute atomic E-state index is 0.371. The third-order valence-electron chi connectivity index (χ3n) is 3.88. The van der Waals surface area contributed by atoms with Crippen molar-refractivity contribution in [3.8, 4) is 28.5 Å². The van der Waals surface area contributed by atoms with Crippen LogP contribution in [-0.2, 0) is 7.05 Å². The van der Waals surface area contributed by atoms with E-state index in [9.17, 15) is 5.26 Å². The Hall–Kier alpha value is -3.53. The number of aromatic nitrogens is 6. The lowest BCUT2D eigenvalue weighted by Gasteiger charge is -2.08. The van der Waals surface area contributed by atoms with E-state index in [0.717, 1.165) is 33.9 Å². The number of pyridine rings is 2. The van der Waals surface area contributed by atoms with Gasteiger partial charge in [0, 0.05) is 36.1 Å². The summed E-state index contributed by atoms with van der Waals surface area (Å²) in [5, 5.41) is 21.6. The van der Waals surface area contributed by atoms with Gasteiger partial charge in [-0.15, -0.1) is 10.2 Å². The van der Waals surface area contributed by atoms with Crippen LogP contribution in [0.25, 0.3) is 28.0 Å². The second kappa shape index (κ2) is 5.28. The zero-order chi connectivity index (χ0) is 16.7. The first-order valence-electron chi connectivity index (χ1n) is 7.37. The van der Waals surface area contributed by atoms with Gasteiger partial charge in [-0.05, 0) is 31.2 Å². The third kappa shape index (κ3) is 2.21. The normalized spacial score (nSPS) is 10.9. The maximum atomic E-state index is 9.19. The van der Waals surface area contributed by atoms with Crippen LogP contribution in [-0.4, -0.2) is 29.4 Å². The fraction of sp³-hybridized carbons (Fsp3) is 0.118. The summed E-state index contributed by atoms with van der Waals surface area (Å²) in [6.07, 6.45) is 5.62. The van der Waals surface area contributed by atoms with Crippen LogP contribution in [0.15, 0.2) is 42.9 Å². The second-order valence-electron chi connectivity index (χ2n) is 5.50. The van der Waals surface area contributed by atoms with Gasteiger partial charge >= 0.3 is 0 Å². The number of rotatable bonds is 2. The SMILES string of the molecule is Cc1nnc2cc(-c3nc(C#N)ccc3-c3cnn(C)c3)ccn12. The number of aryl methyl sites for hydroxylation is 2. The highest BCUT2D eigenvalue weighted by Crippen LogP contribution is 2.31. The molecule has 0 saturated carbocycles. The van der Waals surface area contributed by atoms with E-state index in [1.54, 1.807) is 16.9 Å².